The topological polar surface area (TPSA) is 227 Å². The summed E-state index contributed by atoms with van der Waals surface area (Å²) in [5, 5.41) is 5.37. The zero-order valence-electron chi connectivity index (χ0n) is 35.6. The highest BCUT2D eigenvalue weighted by atomic mass is 16.5. The summed E-state index contributed by atoms with van der Waals surface area (Å²) < 4.78 is 21.5. The number of fused-ring (bicyclic) bond motifs is 2. The third kappa shape index (κ3) is 8.25. The fraction of sp³-hybridized carbons (Fsp3) is 0.442. The molecule has 322 valence electrons. The Morgan fingerprint density at radius 2 is 1.33 bits per heavy atom. The molecule has 0 radical (unpaired) electrons. The SMILES string of the molecule is CCCN(C(=O)C(NC(=O)OC)C(C)C)C(C)c1ncc(-c2ccc(-c3ccc(-c4cnc(C5CCCN5C(=O)C(NC(=O)OC)C(C)C)[nH]4)c4ocnc34)c3ncoc23)[nH]1. The normalized spacial score (nSPS) is 15.6. The molecule has 7 rings (SSSR count). The minimum atomic E-state index is -0.776. The Morgan fingerprint density at radius 1 is 0.787 bits per heavy atom. The van der Waals surface area contributed by atoms with Crippen molar-refractivity contribution in [1.29, 1.82) is 0 Å². The van der Waals surface area contributed by atoms with Crippen molar-refractivity contribution in [3.63, 3.8) is 0 Å². The second-order valence-corrected chi connectivity index (χ2v) is 15.9. The van der Waals surface area contributed by atoms with Gasteiger partial charge in [-0.15, -0.1) is 0 Å². The highest BCUT2D eigenvalue weighted by Gasteiger charge is 2.38. The van der Waals surface area contributed by atoms with E-state index in [0.29, 0.717) is 71.2 Å². The van der Waals surface area contributed by atoms with Crippen LogP contribution in [-0.2, 0) is 19.1 Å². The van der Waals surface area contributed by atoms with E-state index >= 15 is 0 Å². The molecular weight excluding hydrogens is 785 g/mol. The van der Waals surface area contributed by atoms with Crippen LogP contribution >= 0.6 is 0 Å². The third-order valence-electron chi connectivity index (χ3n) is 11.3. The Bertz CT molecular complexity index is 2540. The lowest BCUT2D eigenvalue weighted by atomic mass is 9.98. The van der Waals surface area contributed by atoms with Crippen LogP contribution in [0.25, 0.3) is 55.8 Å². The lowest BCUT2D eigenvalue weighted by molar-refractivity contribution is -0.137. The molecule has 4 atom stereocenters. The van der Waals surface area contributed by atoms with Gasteiger partial charge in [-0.2, -0.15) is 0 Å². The number of alkyl carbamates (subject to hydrolysis) is 2. The molecule has 0 spiro atoms. The first-order chi connectivity index (χ1) is 29.4. The van der Waals surface area contributed by atoms with E-state index in [2.05, 4.69) is 35.6 Å². The van der Waals surface area contributed by atoms with Gasteiger partial charge in [-0.05, 0) is 50.2 Å². The van der Waals surface area contributed by atoms with Crippen molar-refractivity contribution in [3.05, 3.63) is 61.1 Å². The number of benzene rings is 2. The minimum absolute atomic E-state index is 0.150. The van der Waals surface area contributed by atoms with E-state index in [1.807, 2.05) is 65.8 Å². The molecule has 4 unspecified atom stereocenters. The van der Waals surface area contributed by atoms with Gasteiger partial charge in [-0.25, -0.2) is 29.5 Å². The molecule has 1 aliphatic rings. The predicted molar refractivity (Wildman–Crippen MR) is 225 cm³/mol. The van der Waals surface area contributed by atoms with E-state index in [1.165, 1.54) is 27.0 Å². The van der Waals surface area contributed by atoms with E-state index in [-0.39, 0.29) is 29.7 Å². The molecule has 0 bridgehead atoms. The number of imidazole rings is 2. The first-order valence-electron chi connectivity index (χ1n) is 20.5. The van der Waals surface area contributed by atoms with Crippen molar-refractivity contribution in [3.8, 4) is 33.6 Å². The van der Waals surface area contributed by atoms with Crippen LogP contribution in [0, 0.1) is 11.8 Å². The van der Waals surface area contributed by atoms with Crippen molar-refractivity contribution >= 4 is 46.2 Å². The first kappa shape index (κ1) is 42.4. The second-order valence-electron chi connectivity index (χ2n) is 15.9. The van der Waals surface area contributed by atoms with Gasteiger partial charge in [0, 0.05) is 35.3 Å². The van der Waals surface area contributed by atoms with Gasteiger partial charge in [0.15, 0.2) is 24.0 Å². The zero-order chi connectivity index (χ0) is 43.5. The van der Waals surface area contributed by atoms with E-state index in [1.54, 1.807) is 22.2 Å². The summed E-state index contributed by atoms with van der Waals surface area (Å²) in [5.41, 5.74) is 6.65. The monoisotopic (exact) mass is 836 g/mol. The number of carbonyl (C=O) groups excluding carboxylic acids is 4. The summed E-state index contributed by atoms with van der Waals surface area (Å²) in [5.74, 6) is 0.459. The lowest BCUT2D eigenvalue weighted by Gasteiger charge is -2.33. The van der Waals surface area contributed by atoms with Crippen molar-refractivity contribution in [2.24, 2.45) is 11.8 Å². The van der Waals surface area contributed by atoms with Gasteiger partial charge in [0.2, 0.25) is 11.8 Å². The molecule has 5 heterocycles. The summed E-state index contributed by atoms with van der Waals surface area (Å²) in [6, 6.07) is 5.50. The quantitative estimate of drug-likeness (QED) is 0.0859. The third-order valence-corrected chi connectivity index (χ3v) is 11.3. The molecule has 4 aromatic heterocycles. The largest absolute Gasteiger partial charge is 0.453 e. The number of aromatic nitrogens is 6. The maximum absolute atomic E-state index is 13.8. The average Bonchev–Trinajstić information content (AvgIpc) is 4.11. The van der Waals surface area contributed by atoms with Crippen molar-refractivity contribution < 1.29 is 37.5 Å². The number of amides is 4. The van der Waals surface area contributed by atoms with Gasteiger partial charge >= 0.3 is 12.2 Å². The number of likely N-dealkylation sites (tertiary alicyclic amines) is 1. The molecule has 1 saturated heterocycles. The minimum Gasteiger partial charge on any atom is -0.453 e. The standard InChI is InChI=1S/C43H52N10O8/c1-9-16-52(40(54)32(22(2)3)50-42(56)58-7)24(6)38-44-18-29(48-38)27-14-12-25(34-36(27)60-20-46-34)26-13-15-28(37-35(26)47-21-61-37)30-19-45-39(49-30)31-11-10-17-53(31)41(55)33(23(4)5)51-43(57)59-8/h12-15,18-24,31-33H,9-11,16-17H2,1-8H3,(H,44,48)(H,45,49)(H,50,56)(H,51,57). The Kier molecular flexibility index (Phi) is 12.4. The molecule has 18 heteroatoms. The number of nitrogens with zero attached hydrogens (tertiary/aromatic N) is 6. The van der Waals surface area contributed by atoms with Gasteiger partial charge < -0.3 is 48.7 Å². The molecule has 4 N–H and O–H groups in total. The lowest BCUT2D eigenvalue weighted by Crippen LogP contribution is -2.52. The fourth-order valence-corrected chi connectivity index (χ4v) is 8.04. The molecule has 1 aliphatic heterocycles. The van der Waals surface area contributed by atoms with Gasteiger partial charge in [0.25, 0.3) is 0 Å². The molecule has 4 amide bonds. The Morgan fingerprint density at radius 3 is 1.89 bits per heavy atom. The average molecular weight is 837 g/mol. The number of ether oxygens (including phenoxy) is 2. The molecular formula is C43H52N10O8. The summed E-state index contributed by atoms with van der Waals surface area (Å²) >= 11 is 0. The highest BCUT2D eigenvalue weighted by molar-refractivity contribution is 6.06. The van der Waals surface area contributed by atoms with Crippen LogP contribution in [0.2, 0.25) is 0 Å². The van der Waals surface area contributed by atoms with Gasteiger partial charge in [0.05, 0.1) is 50.1 Å². The number of aromatic amines is 2. The fourth-order valence-electron chi connectivity index (χ4n) is 8.04. The Balaban J connectivity index is 1.15. The van der Waals surface area contributed by atoms with E-state index in [9.17, 15) is 19.2 Å². The number of methoxy groups -OCH3 is 2. The summed E-state index contributed by atoms with van der Waals surface area (Å²) in [4.78, 5) is 80.6. The highest BCUT2D eigenvalue weighted by Crippen LogP contribution is 2.41. The maximum atomic E-state index is 13.8. The van der Waals surface area contributed by atoms with Crippen molar-refractivity contribution in [2.75, 3.05) is 27.3 Å². The van der Waals surface area contributed by atoms with Crippen molar-refractivity contribution in [2.45, 2.75) is 85.0 Å². The first-order valence-corrected chi connectivity index (χ1v) is 20.5. The molecule has 1 fully saturated rings. The second kappa shape index (κ2) is 17.9. The zero-order valence-corrected chi connectivity index (χ0v) is 35.6. The number of oxazole rings is 2. The van der Waals surface area contributed by atoms with E-state index < -0.39 is 30.3 Å². The number of nitrogens with one attached hydrogen (secondary N) is 4. The van der Waals surface area contributed by atoms with Crippen LogP contribution in [0.4, 0.5) is 9.59 Å². The molecule has 2 aromatic carbocycles. The van der Waals surface area contributed by atoms with Gasteiger partial charge in [-0.3, -0.25) is 9.59 Å². The van der Waals surface area contributed by atoms with Crippen molar-refractivity contribution in [1.82, 2.24) is 50.3 Å². The van der Waals surface area contributed by atoms with E-state index in [4.69, 9.17) is 23.3 Å². The predicted octanol–water partition coefficient (Wildman–Crippen LogP) is 7.14. The van der Waals surface area contributed by atoms with E-state index in [0.717, 1.165) is 28.7 Å². The van der Waals surface area contributed by atoms with Crippen LogP contribution in [0.3, 0.4) is 0 Å². The van der Waals surface area contributed by atoms with Crippen LogP contribution in [0.1, 0.15) is 84.5 Å². The van der Waals surface area contributed by atoms with Crippen LogP contribution in [0.15, 0.2) is 58.3 Å². The van der Waals surface area contributed by atoms with Gasteiger partial charge in [-0.1, -0.05) is 46.8 Å². The Hall–Kier alpha value is -6.72. The smallest absolute Gasteiger partial charge is 0.407 e. The number of rotatable bonds is 14. The maximum Gasteiger partial charge on any atom is 0.407 e. The summed E-state index contributed by atoms with van der Waals surface area (Å²) in [6.07, 6.45) is 7.11. The summed E-state index contributed by atoms with van der Waals surface area (Å²) in [6.45, 7) is 12.4. The molecule has 0 saturated carbocycles. The van der Waals surface area contributed by atoms with Crippen LogP contribution in [0.5, 0.6) is 0 Å². The number of carbonyl (C=O) groups is 4. The molecule has 18 nitrogen and oxygen atoms in total. The molecule has 0 aliphatic carbocycles. The van der Waals surface area contributed by atoms with Crippen LogP contribution in [-0.4, -0.2) is 103 Å². The summed E-state index contributed by atoms with van der Waals surface area (Å²) in [7, 11) is 2.54. The number of hydrogen-bond donors (Lipinski definition) is 4. The number of hydrogen-bond acceptors (Lipinski definition) is 12. The molecule has 61 heavy (non-hydrogen) atoms. The van der Waals surface area contributed by atoms with Crippen LogP contribution < -0.4 is 10.6 Å². The number of H-pyrrole nitrogens is 2. The molecule has 6 aromatic rings. The Labute approximate surface area is 352 Å². The van der Waals surface area contributed by atoms with Gasteiger partial charge in [0.1, 0.15) is 34.8 Å².